The highest BCUT2D eigenvalue weighted by molar-refractivity contribution is 9.10. The second-order valence-corrected chi connectivity index (χ2v) is 4.13. The summed E-state index contributed by atoms with van der Waals surface area (Å²) in [7, 11) is 0. The zero-order valence-electron chi connectivity index (χ0n) is 7.90. The minimum absolute atomic E-state index is 0.00178. The highest BCUT2D eigenvalue weighted by atomic mass is 79.9. The van der Waals surface area contributed by atoms with E-state index in [0.29, 0.717) is 12.1 Å². The highest BCUT2D eigenvalue weighted by Crippen LogP contribution is 2.50. The van der Waals surface area contributed by atoms with Gasteiger partial charge in [-0.15, -0.1) is 0 Å². The van der Waals surface area contributed by atoms with E-state index in [9.17, 15) is 26.3 Å². The quantitative estimate of drug-likeness (QED) is 0.780. The zero-order valence-corrected chi connectivity index (χ0v) is 9.49. The van der Waals surface area contributed by atoms with Gasteiger partial charge in [-0.2, -0.15) is 26.3 Å². The molecule has 0 fully saturated rings. The van der Waals surface area contributed by atoms with E-state index in [2.05, 4.69) is 15.9 Å². The van der Waals surface area contributed by atoms with Gasteiger partial charge in [-0.1, -0.05) is 28.1 Å². The Hall–Kier alpha value is -0.760. The third-order valence-electron chi connectivity index (χ3n) is 2.06. The van der Waals surface area contributed by atoms with Crippen LogP contribution in [0, 0.1) is 0 Å². The van der Waals surface area contributed by atoms with E-state index in [-0.39, 0.29) is 4.47 Å². The number of rotatable bonds is 1. The fourth-order valence-electron chi connectivity index (χ4n) is 1.20. The Bertz CT molecular complexity index is 397. The summed E-state index contributed by atoms with van der Waals surface area (Å²) in [5.41, 5.74) is -6.16. The summed E-state index contributed by atoms with van der Waals surface area (Å²) in [6.45, 7) is 0. The van der Waals surface area contributed by atoms with Crippen LogP contribution >= 0.6 is 15.9 Å². The maximum absolute atomic E-state index is 12.4. The molecule has 0 saturated carbocycles. The third-order valence-corrected chi connectivity index (χ3v) is 2.56. The average Bonchev–Trinajstić information content (AvgIpc) is 2.12. The predicted molar refractivity (Wildman–Crippen MR) is 50.1 cm³/mol. The zero-order chi connectivity index (χ0) is 13.5. The molecule has 0 aliphatic rings. The highest BCUT2D eigenvalue weighted by Gasteiger charge is 2.71. The molecule has 1 aromatic carbocycles. The van der Waals surface area contributed by atoms with Crippen LogP contribution in [0.2, 0.25) is 0 Å². The van der Waals surface area contributed by atoms with Crippen LogP contribution in [0.25, 0.3) is 0 Å². The van der Waals surface area contributed by atoms with Crippen molar-refractivity contribution in [1.82, 2.24) is 0 Å². The smallest absolute Gasteiger partial charge is 0.369 e. The molecule has 0 aliphatic heterocycles. The van der Waals surface area contributed by atoms with E-state index in [0.717, 1.165) is 6.07 Å². The SMILES string of the molecule is OC(c1cccc(Br)c1)(C(F)(F)F)C(F)(F)F. The average molecular weight is 323 g/mol. The molecule has 8 heteroatoms. The topological polar surface area (TPSA) is 20.2 Å². The molecular weight excluding hydrogens is 318 g/mol. The van der Waals surface area contributed by atoms with Gasteiger partial charge in [-0.05, 0) is 12.1 Å². The number of aliphatic hydroxyl groups is 1. The first-order valence-electron chi connectivity index (χ1n) is 4.12. The number of hydrogen-bond acceptors (Lipinski definition) is 1. The summed E-state index contributed by atoms with van der Waals surface area (Å²) in [5.74, 6) is 0. The third kappa shape index (κ3) is 2.42. The molecule has 1 nitrogen and oxygen atoms in total. The molecule has 1 N–H and O–H groups in total. The van der Waals surface area contributed by atoms with Crippen LogP contribution < -0.4 is 0 Å². The van der Waals surface area contributed by atoms with Gasteiger partial charge in [0, 0.05) is 10.0 Å². The number of hydrogen-bond donors (Lipinski definition) is 1. The normalized spacial score (nSPS) is 13.9. The minimum Gasteiger partial charge on any atom is -0.369 e. The molecule has 0 radical (unpaired) electrons. The largest absolute Gasteiger partial charge is 0.430 e. The van der Waals surface area contributed by atoms with Crippen molar-refractivity contribution >= 4 is 15.9 Å². The molecule has 0 heterocycles. The van der Waals surface area contributed by atoms with Crippen LogP contribution in [0.15, 0.2) is 28.7 Å². The summed E-state index contributed by atoms with van der Waals surface area (Å²) in [6.07, 6.45) is -11.7. The van der Waals surface area contributed by atoms with Crippen molar-refractivity contribution < 1.29 is 31.4 Å². The molecule has 96 valence electrons. The number of alkyl halides is 6. The van der Waals surface area contributed by atoms with E-state index < -0.39 is 23.5 Å². The summed E-state index contributed by atoms with van der Waals surface area (Å²) < 4.78 is 74.6. The summed E-state index contributed by atoms with van der Waals surface area (Å²) in [6, 6.07) is 3.35. The van der Waals surface area contributed by atoms with E-state index in [1.165, 1.54) is 6.07 Å². The van der Waals surface area contributed by atoms with E-state index in [4.69, 9.17) is 5.11 Å². The Morgan fingerprint density at radius 1 is 0.941 bits per heavy atom. The standard InChI is InChI=1S/C9H5BrF6O/c10-6-3-1-2-5(4-6)7(17,8(11,12)13)9(14,15)16/h1-4,17H. The van der Waals surface area contributed by atoms with Crippen molar-refractivity contribution in [2.75, 3.05) is 0 Å². The molecule has 0 aliphatic carbocycles. The monoisotopic (exact) mass is 322 g/mol. The summed E-state index contributed by atoms with van der Waals surface area (Å²) in [4.78, 5) is 0. The Balaban J connectivity index is 3.46. The molecule has 0 bridgehead atoms. The first-order valence-corrected chi connectivity index (χ1v) is 4.91. The second-order valence-electron chi connectivity index (χ2n) is 3.22. The van der Waals surface area contributed by atoms with Gasteiger partial charge in [0.2, 0.25) is 0 Å². The maximum Gasteiger partial charge on any atom is 0.430 e. The lowest BCUT2D eigenvalue weighted by molar-refractivity contribution is -0.376. The summed E-state index contributed by atoms with van der Waals surface area (Å²) in [5, 5.41) is 9.01. The lowest BCUT2D eigenvalue weighted by atomic mass is 9.92. The Morgan fingerprint density at radius 3 is 1.76 bits per heavy atom. The summed E-state index contributed by atoms with van der Waals surface area (Å²) >= 11 is 2.74. The van der Waals surface area contributed by atoms with Gasteiger partial charge in [0.1, 0.15) is 0 Å². The van der Waals surface area contributed by atoms with Gasteiger partial charge < -0.3 is 5.11 Å². The number of halogens is 7. The Kier molecular flexibility index (Phi) is 3.50. The van der Waals surface area contributed by atoms with Crippen LogP contribution in [0.4, 0.5) is 26.3 Å². The van der Waals surface area contributed by atoms with E-state index >= 15 is 0 Å². The molecule has 1 aromatic rings. The van der Waals surface area contributed by atoms with Gasteiger partial charge in [0.05, 0.1) is 0 Å². The van der Waals surface area contributed by atoms with Crippen LogP contribution in [0.5, 0.6) is 0 Å². The van der Waals surface area contributed by atoms with Crippen molar-refractivity contribution in [3.63, 3.8) is 0 Å². The van der Waals surface area contributed by atoms with Crippen LogP contribution in [-0.2, 0) is 5.60 Å². The van der Waals surface area contributed by atoms with E-state index in [1.54, 1.807) is 0 Å². The molecule has 0 unspecified atom stereocenters. The fraction of sp³-hybridized carbons (Fsp3) is 0.333. The van der Waals surface area contributed by atoms with Crippen molar-refractivity contribution in [3.05, 3.63) is 34.3 Å². The number of benzene rings is 1. The molecule has 0 atom stereocenters. The maximum atomic E-state index is 12.4. The van der Waals surface area contributed by atoms with Crippen molar-refractivity contribution in [2.45, 2.75) is 18.0 Å². The Labute approximate surface area is 100 Å². The van der Waals surface area contributed by atoms with Gasteiger partial charge in [-0.25, -0.2) is 0 Å². The molecule has 0 spiro atoms. The Morgan fingerprint density at radius 2 is 1.41 bits per heavy atom. The van der Waals surface area contributed by atoms with Crippen molar-refractivity contribution in [2.24, 2.45) is 0 Å². The lowest BCUT2D eigenvalue weighted by Gasteiger charge is -2.32. The molecular formula is C9H5BrF6O. The second kappa shape index (κ2) is 4.16. The molecule has 17 heavy (non-hydrogen) atoms. The predicted octanol–water partition coefficient (Wildman–Crippen LogP) is 3.76. The van der Waals surface area contributed by atoms with Crippen molar-refractivity contribution in [3.8, 4) is 0 Å². The minimum atomic E-state index is -5.86. The lowest BCUT2D eigenvalue weighted by Crippen LogP contribution is -2.53. The van der Waals surface area contributed by atoms with Crippen LogP contribution in [-0.4, -0.2) is 17.5 Å². The van der Waals surface area contributed by atoms with Gasteiger partial charge >= 0.3 is 12.4 Å². The first-order chi connectivity index (χ1) is 7.50. The van der Waals surface area contributed by atoms with Gasteiger partial charge in [0.25, 0.3) is 5.60 Å². The molecule has 1 rings (SSSR count). The van der Waals surface area contributed by atoms with E-state index in [1.807, 2.05) is 0 Å². The molecule has 0 amide bonds. The molecule has 0 saturated heterocycles. The van der Waals surface area contributed by atoms with Gasteiger partial charge in [0.15, 0.2) is 0 Å². The first kappa shape index (κ1) is 14.3. The van der Waals surface area contributed by atoms with Gasteiger partial charge in [-0.3, -0.25) is 0 Å². The van der Waals surface area contributed by atoms with Crippen LogP contribution in [0.1, 0.15) is 5.56 Å². The van der Waals surface area contributed by atoms with Crippen molar-refractivity contribution in [1.29, 1.82) is 0 Å². The molecule has 0 aromatic heterocycles. The van der Waals surface area contributed by atoms with Crippen LogP contribution in [0.3, 0.4) is 0 Å². The fourth-order valence-corrected chi connectivity index (χ4v) is 1.60.